The lowest BCUT2D eigenvalue weighted by molar-refractivity contribution is -0.120. The highest BCUT2D eigenvalue weighted by Gasteiger charge is 2.25. The van der Waals surface area contributed by atoms with E-state index in [1.54, 1.807) is 13.8 Å². The van der Waals surface area contributed by atoms with Crippen molar-refractivity contribution in [3.8, 4) is 0 Å². The van der Waals surface area contributed by atoms with Gasteiger partial charge in [-0.05, 0) is 62.4 Å². The maximum atomic E-state index is 12.9. The molecule has 0 saturated carbocycles. The molecule has 1 aromatic carbocycles. The molecule has 1 amide bonds. The normalized spacial score (nSPS) is 15.8. The zero-order valence-corrected chi connectivity index (χ0v) is 20.5. The van der Waals surface area contributed by atoms with E-state index in [1.165, 1.54) is 4.31 Å². The molecule has 1 aliphatic heterocycles. The Kier molecular flexibility index (Phi) is 8.62. The van der Waals surface area contributed by atoms with E-state index >= 15 is 0 Å². The molecule has 0 aromatic heterocycles. The van der Waals surface area contributed by atoms with Gasteiger partial charge in [0.1, 0.15) is 0 Å². The number of hydrogen-bond donors (Lipinski definition) is 2. The van der Waals surface area contributed by atoms with Crippen molar-refractivity contribution in [3.05, 3.63) is 27.8 Å². The van der Waals surface area contributed by atoms with Gasteiger partial charge < -0.3 is 10.1 Å². The summed E-state index contributed by atoms with van der Waals surface area (Å²) in [4.78, 5) is 12.3. The van der Waals surface area contributed by atoms with Crippen molar-refractivity contribution in [2.75, 3.05) is 45.1 Å². The molecule has 1 fully saturated rings. The summed E-state index contributed by atoms with van der Waals surface area (Å²) in [6.07, 6.45) is -0.0846. The summed E-state index contributed by atoms with van der Waals surface area (Å²) in [6.45, 7) is 10.6. The Morgan fingerprint density at radius 2 is 1.39 bits per heavy atom. The van der Waals surface area contributed by atoms with Crippen LogP contribution < -0.4 is 10.0 Å². The second-order valence-corrected chi connectivity index (χ2v) is 11.6. The van der Waals surface area contributed by atoms with Crippen LogP contribution in [0.1, 0.15) is 34.2 Å². The quantitative estimate of drug-likeness (QED) is 0.542. The van der Waals surface area contributed by atoms with E-state index in [-0.39, 0.29) is 30.2 Å². The van der Waals surface area contributed by atoms with Crippen molar-refractivity contribution in [1.29, 1.82) is 0 Å². The van der Waals surface area contributed by atoms with Crippen molar-refractivity contribution in [3.63, 3.8) is 0 Å². The summed E-state index contributed by atoms with van der Waals surface area (Å²) >= 11 is 0. The van der Waals surface area contributed by atoms with Gasteiger partial charge in [-0.25, -0.2) is 21.6 Å². The molecule has 0 aliphatic carbocycles. The molecule has 9 nitrogen and oxygen atoms in total. The average molecular weight is 476 g/mol. The summed E-state index contributed by atoms with van der Waals surface area (Å²) in [5, 5.41) is 2.54. The lowest BCUT2D eigenvalue weighted by Crippen LogP contribution is -2.44. The third kappa shape index (κ3) is 6.26. The maximum Gasteiger partial charge on any atom is 0.241 e. The number of nitrogens with zero attached hydrogens (tertiary/aromatic N) is 1. The minimum absolute atomic E-state index is 0.0279. The molecule has 0 bridgehead atoms. The van der Waals surface area contributed by atoms with Crippen LogP contribution in [-0.2, 0) is 29.6 Å². The van der Waals surface area contributed by atoms with Gasteiger partial charge in [0.25, 0.3) is 0 Å². The van der Waals surface area contributed by atoms with E-state index in [9.17, 15) is 21.6 Å². The number of sulfonamides is 2. The fraction of sp³-hybridized carbons (Fsp3) is 0.650. The van der Waals surface area contributed by atoms with Crippen LogP contribution in [-0.4, -0.2) is 72.2 Å². The van der Waals surface area contributed by atoms with Gasteiger partial charge in [0, 0.05) is 32.6 Å². The van der Waals surface area contributed by atoms with Gasteiger partial charge in [0.2, 0.25) is 26.0 Å². The number of hydrogen-bond acceptors (Lipinski definition) is 6. The number of nitrogens with one attached hydrogen (secondary N) is 2. The van der Waals surface area contributed by atoms with Gasteiger partial charge in [-0.2, -0.15) is 4.31 Å². The first-order valence-corrected chi connectivity index (χ1v) is 13.4. The Morgan fingerprint density at radius 3 is 1.94 bits per heavy atom. The van der Waals surface area contributed by atoms with Crippen LogP contribution in [0.5, 0.6) is 0 Å². The number of benzene rings is 1. The van der Waals surface area contributed by atoms with Gasteiger partial charge in [0.05, 0.1) is 23.9 Å². The molecule has 1 saturated heterocycles. The number of carbonyl (C=O) groups excluding carboxylic acids is 1. The Balaban J connectivity index is 1.88. The van der Waals surface area contributed by atoms with Crippen LogP contribution in [0.3, 0.4) is 0 Å². The zero-order chi connectivity index (χ0) is 23.4. The third-order valence-corrected chi connectivity index (χ3v) is 9.50. The van der Waals surface area contributed by atoms with Gasteiger partial charge >= 0.3 is 0 Å². The van der Waals surface area contributed by atoms with E-state index in [2.05, 4.69) is 10.0 Å². The number of carbonyl (C=O) groups is 1. The SMILES string of the molecule is Cc1c(C)c(C)c(S(=O)(=O)NCCC(=O)NCCS(=O)(=O)N2CCOCC2)c(C)c1C. The lowest BCUT2D eigenvalue weighted by atomic mass is 9.95. The minimum Gasteiger partial charge on any atom is -0.379 e. The molecule has 31 heavy (non-hydrogen) atoms. The highest BCUT2D eigenvalue weighted by molar-refractivity contribution is 7.89. The molecule has 0 unspecified atom stereocenters. The Bertz CT molecular complexity index is 1000. The summed E-state index contributed by atoms with van der Waals surface area (Å²) < 4.78 is 59.2. The van der Waals surface area contributed by atoms with Crippen molar-refractivity contribution >= 4 is 26.0 Å². The van der Waals surface area contributed by atoms with E-state index in [0.29, 0.717) is 37.4 Å². The van der Waals surface area contributed by atoms with Crippen molar-refractivity contribution in [1.82, 2.24) is 14.3 Å². The van der Waals surface area contributed by atoms with Crippen molar-refractivity contribution in [2.45, 2.75) is 45.9 Å². The van der Waals surface area contributed by atoms with Crippen LogP contribution in [0.15, 0.2) is 4.90 Å². The standard InChI is InChI=1S/C20H33N3O6S2/c1-14-15(2)17(4)20(18(5)16(14)3)31(27,28)22-7-6-19(24)21-8-13-30(25,26)23-9-11-29-12-10-23/h22H,6-13H2,1-5H3,(H,21,24). The minimum atomic E-state index is -3.78. The van der Waals surface area contributed by atoms with Gasteiger partial charge in [-0.15, -0.1) is 0 Å². The molecule has 2 rings (SSSR count). The van der Waals surface area contributed by atoms with Crippen LogP contribution in [0, 0.1) is 34.6 Å². The first kappa shape index (κ1) is 25.7. The molecule has 11 heteroatoms. The van der Waals surface area contributed by atoms with Crippen molar-refractivity contribution < 1.29 is 26.4 Å². The molecule has 2 N–H and O–H groups in total. The molecular weight excluding hydrogens is 442 g/mol. The molecule has 0 spiro atoms. The molecule has 1 heterocycles. The summed E-state index contributed by atoms with van der Waals surface area (Å²) in [5.74, 6) is -0.616. The third-order valence-electron chi connectivity index (χ3n) is 5.89. The van der Waals surface area contributed by atoms with Gasteiger partial charge in [-0.3, -0.25) is 4.79 Å². The second-order valence-electron chi connectivity index (χ2n) is 7.78. The Labute approximate surface area is 185 Å². The van der Waals surface area contributed by atoms with Crippen LogP contribution >= 0.6 is 0 Å². The lowest BCUT2D eigenvalue weighted by Gasteiger charge is -2.26. The monoisotopic (exact) mass is 475 g/mol. The largest absolute Gasteiger partial charge is 0.379 e. The number of amides is 1. The van der Waals surface area contributed by atoms with E-state index in [4.69, 9.17) is 4.74 Å². The molecule has 0 radical (unpaired) electrons. The maximum absolute atomic E-state index is 12.9. The first-order valence-electron chi connectivity index (χ1n) is 10.3. The number of ether oxygens (including phenoxy) is 1. The molecule has 176 valence electrons. The van der Waals surface area contributed by atoms with Crippen molar-refractivity contribution in [2.24, 2.45) is 0 Å². The predicted octanol–water partition coefficient (Wildman–Crippen LogP) is 0.675. The fourth-order valence-corrected chi connectivity index (χ4v) is 6.55. The number of morpholine rings is 1. The second kappa shape index (κ2) is 10.4. The highest BCUT2D eigenvalue weighted by Crippen LogP contribution is 2.29. The molecule has 0 atom stereocenters. The zero-order valence-electron chi connectivity index (χ0n) is 18.9. The van der Waals surface area contributed by atoms with Crippen LogP contribution in [0.25, 0.3) is 0 Å². The summed E-state index contributed by atoms with van der Waals surface area (Å²) in [6, 6.07) is 0. The van der Waals surface area contributed by atoms with E-state index in [0.717, 1.165) is 16.7 Å². The first-order chi connectivity index (χ1) is 14.4. The molecule has 1 aliphatic rings. The average Bonchev–Trinajstić information content (AvgIpc) is 2.71. The Hall–Kier alpha value is -1.53. The summed E-state index contributed by atoms with van der Waals surface area (Å²) in [7, 11) is -7.23. The van der Waals surface area contributed by atoms with Gasteiger partial charge in [-0.1, -0.05) is 0 Å². The number of rotatable bonds is 9. The molecule has 1 aromatic rings. The molecular formula is C20H33N3O6S2. The predicted molar refractivity (Wildman–Crippen MR) is 119 cm³/mol. The van der Waals surface area contributed by atoms with E-state index < -0.39 is 26.0 Å². The van der Waals surface area contributed by atoms with Gasteiger partial charge in [0.15, 0.2) is 0 Å². The highest BCUT2D eigenvalue weighted by atomic mass is 32.2. The summed E-state index contributed by atoms with van der Waals surface area (Å²) in [5.41, 5.74) is 4.34. The Morgan fingerprint density at radius 1 is 0.871 bits per heavy atom. The van der Waals surface area contributed by atoms with Crippen LogP contribution in [0.4, 0.5) is 0 Å². The van der Waals surface area contributed by atoms with Crippen LogP contribution in [0.2, 0.25) is 0 Å². The topological polar surface area (TPSA) is 122 Å². The van der Waals surface area contributed by atoms with E-state index in [1.807, 2.05) is 20.8 Å². The smallest absolute Gasteiger partial charge is 0.241 e. The fourth-order valence-electron chi connectivity index (χ4n) is 3.60.